The standard InChI is InChI=1S/C39H65NO6/c1-10-11-12-13-27(40)21-45-33-30(46-26(5)41)20-39-23-44-22-36(33,7)31(39)15-14-28-29(39)16-17-38(9)32(34(42)43)35(6,25(4)24(2)3)18-19-37(28,38)8/h16,24-25,27-28,30-33H,10-15,17-23,40H2,1-9H3,(H,42,43)/t25-,27?,28+,30-,31+,32-,33+,35-,36-,37-,38+,39-/m1/s1. The van der Waals surface area contributed by atoms with Gasteiger partial charge in [-0.3, -0.25) is 9.59 Å². The fourth-order valence-electron chi connectivity index (χ4n) is 12.2. The van der Waals surface area contributed by atoms with Gasteiger partial charge in [0.1, 0.15) is 12.2 Å². The molecule has 262 valence electrons. The van der Waals surface area contributed by atoms with E-state index in [1.165, 1.54) is 18.9 Å². The van der Waals surface area contributed by atoms with Gasteiger partial charge in [0.15, 0.2) is 0 Å². The molecule has 4 fully saturated rings. The van der Waals surface area contributed by atoms with E-state index in [0.717, 1.165) is 51.4 Å². The Labute approximate surface area is 279 Å². The summed E-state index contributed by atoms with van der Waals surface area (Å²) < 4.78 is 19.5. The number of carbonyl (C=O) groups is 2. The lowest BCUT2D eigenvalue weighted by Gasteiger charge is -2.71. The number of allylic oxidation sites excluding steroid dienone is 1. The number of aliphatic carboxylic acids is 1. The maximum Gasteiger partial charge on any atom is 0.307 e. The molecule has 46 heavy (non-hydrogen) atoms. The van der Waals surface area contributed by atoms with Gasteiger partial charge in [-0.05, 0) is 84.9 Å². The Morgan fingerprint density at radius 1 is 1.07 bits per heavy atom. The predicted molar refractivity (Wildman–Crippen MR) is 181 cm³/mol. The number of esters is 1. The topological polar surface area (TPSA) is 108 Å². The van der Waals surface area contributed by atoms with Crippen molar-refractivity contribution in [2.24, 2.45) is 62.4 Å². The first-order valence-electron chi connectivity index (χ1n) is 18.6. The molecule has 4 aliphatic carbocycles. The summed E-state index contributed by atoms with van der Waals surface area (Å²) in [5.41, 5.74) is 6.61. The molecule has 1 heterocycles. The third kappa shape index (κ3) is 5.41. The number of hydrogen-bond donors (Lipinski definition) is 2. The molecule has 1 aliphatic heterocycles. The minimum absolute atomic E-state index is 0.0451. The third-order valence-electron chi connectivity index (χ3n) is 15.1. The van der Waals surface area contributed by atoms with Crippen LogP contribution in [0.5, 0.6) is 0 Å². The van der Waals surface area contributed by atoms with Crippen LogP contribution in [0.25, 0.3) is 0 Å². The number of carboxylic acid groups (broad SMARTS) is 1. The first-order chi connectivity index (χ1) is 21.5. The van der Waals surface area contributed by atoms with Gasteiger partial charge in [0, 0.05) is 23.8 Å². The maximum atomic E-state index is 13.4. The molecule has 0 aromatic carbocycles. The molecule has 7 nitrogen and oxygen atoms in total. The van der Waals surface area contributed by atoms with Gasteiger partial charge in [0.2, 0.25) is 0 Å². The van der Waals surface area contributed by atoms with Crippen LogP contribution in [0.3, 0.4) is 0 Å². The summed E-state index contributed by atoms with van der Waals surface area (Å²) in [4.78, 5) is 25.9. The monoisotopic (exact) mass is 643 g/mol. The van der Waals surface area contributed by atoms with Gasteiger partial charge in [-0.2, -0.15) is 0 Å². The minimum atomic E-state index is -0.638. The number of carboxylic acids is 1. The molecule has 12 atom stereocenters. The Morgan fingerprint density at radius 2 is 1.78 bits per heavy atom. The largest absolute Gasteiger partial charge is 0.481 e. The number of nitrogens with two attached hydrogens (primary N) is 1. The molecule has 3 N–H and O–H groups in total. The first-order valence-corrected chi connectivity index (χ1v) is 18.6. The molecule has 3 saturated carbocycles. The third-order valence-corrected chi connectivity index (χ3v) is 15.1. The van der Waals surface area contributed by atoms with Crippen LogP contribution in [0.4, 0.5) is 0 Å². The summed E-state index contributed by atoms with van der Waals surface area (Å²) in [5, 5.41) is 11.0. The van der Waals surface area contributed by atoms with Crippen molar-refractivity contribution in [3.8, 4) is 0 Å². The zero-order valence-corrected chi connectivity index (χ0v) is 30.5. The Hall–Kier alpha value is -1.44. The zero-order valence-electron chi connectivity index (χ0n) is 30.5. The molecule has 0 radical (unpaired) electrons. The summed E-state index contributed by atoms with van der Waals surface area (Å²) in [6, 6.07) is -0.0451. The molecule has 0 spiro atoms. The second-order valence-electron chi connectivity index (χ2n) is 17.7. The summed E-state index contributed by atoms with van der Waals surface area (Å²) in [6.45, 7) is 21.4. The second-order valence-corrected chi connectivity index (χ2v) is 17.7. The van der Waals surface area contributed by atoms with Crippen molar-refractivity contribution in [3.63, 3.8) is 0 Å². The lowest BCUT2D eigenvalue weighted by molar-refractivity contribution is -0.267. The number of fused-ring (bicyclic) bond motifs is 3. The van der Waals surface area contributed by atoms with E-state index in [0.29, 0.717) is 44.0 Å². The lowest BCUT2D eigenvalue weighted by atomic mass is 9.34. The average Bonchev–Trinajstić information content (AvgIpc) is 2.96. The fraction of sp³-hybridized carbons (Fsp3) is 0.897. The van der Waals surface area contributed by atoms with Crippen LogP contribution < -0.4 is 5.73 Å². The van der Waals surface area contributed by atoms with Gasteiger partial charge in [-0.15, -0.1) is 0 Å². The molecule has 0 amide bonds. The van der Waals surface area contributed by atoms with Gasteiger partial charge in [0.05, 0.1) is 25.7 Å². The maximum absolute atomic E-state index is 13.4. The van der Waals surface area contributed by atoms with Gasteiger partial charge in [0.25, 0.3) is 0 Å². The van der Waals surface area contributed by atoms with Crippen molar-refractivity contribution in [3.05, 3.63) is 11.6 Å². The number of hydrogen-bond acceptors (Lipinski definition) is 6. The molecule has 0 aromatic heterocycles. The Kier molecular flexibility index (Phi) is 9.97. The quantitative estimate of drug-likeness (QED) is 0.134. The van der Waals surface area contributed by atoms with Gasteiger partial charge in [-0.1, -0.05) is 86.3 Å². The number of carbonyl (C=O) groups excluding carboxylic acids is 1. The highest BCUT2D eigenvalue weighted by Crippen LogP contribution is 2.75. The van der Waals surface area contributed by atoms with E-state index in [1.807, 2.05) is 0 Å². The highest BCUT2D eigenvalue weighted by Gasteiger charge is 2.72. The predicted octanol–water partition coefficient (Wildman–Crippen LogP) is 7.80. The Balaban J connectivity index is 1.52. The van der Waals surface area contributed by atoms with Gasteiger partial charge >= 0.3 is 11.9 Å². The molecule has 7 heteroatoms. The molecule has 1 unspecified atom stereocenters. The highest BCUT2D eigenvalue weighted by molar-refractivity contribution is 5.73. The van der Waals surface area contributed by atoms with Crippen molar-refractivity contribution in [2.45, 2.75) is 145 Å². The second kappa shape index (κ2) is 12.8. The fourth-order valence-corrected chi connectivity index (χ4v) is 12.2. The van der Waals surface area contributed by atoms with Crippen LogP contribution in [-0.4, -0.2) is 55.1 Å². The molecule has 1 saturated heterocycles. The van der Waals surface area contributed by atoms with E-state index >= 15 is 0 Å². The normalized spacial score (nSPS) is 44.7. The smallest absolute Gasteiger partial charge is 0.307 e. The number of unbranched alkanes of at least 4 members (excludes halogenated alkanes) is 2. The van der Waals surface area contributed by atoms with Crippen LogP contribution in [0.1, 0.15) is 127 Å². The van der Waals surface area contributed by atoms with Crippen molar-refractivity contribution in [1.82, 2.24) is 0 Å². The summed E-state index contributed by atoms with van der Waals surface area (Å²) in [5.74, 6) is 0.00348. The lowest BCUT2D eigenvalue weighted by Crippen LogP contribution is -2.70. The average molecular weight is 644 g/mol. The molecular weight excluding hydrogens is 578 g/mol. The first kappa shape index (κ1) is 35.9. The molecule has 2 bridgehead atoms. The summed E-state index contributed by atoms with van der Waals surface area (Å²) >= 11 is 0. The van der Waals surface area contributed by atoms with Crippen LogP contribution in [0, 0.1) is 56.7 Å². The number of rotatable bonds is 11. The van der Waals surface area contributed by atoms with Crippen LogP contribution >= 0.6 is 0 Å². The van der Waals surface area contributed by atoms with Crippen molar-refractivity contribution in [2.75, 3.05) is 19.8 Å². The van der Waals surface area contributed by atoms with Crippen LogP contribution in [0.2, 0.25) is 0 Å². The SMILES string of the molecule is CCCCCC(N)CO[C@H]1[C@H](OC(C)=O)C[C@]23COC[C@]1(C)[C@@H]2CC[C@H]1C3=CC[C@@]2(C)[C@H](C(=O)O)[C@@](C)([C@H](C)C(C)C)CC[C@]12C. The van der Waals surface area contributed by atoms with E-state index in [4.69, 9.17) is 19.9 Å². The molecule has 0 aromatic rings. The van der Waals surface area contributed by atoms with Crippen molar-refractivity contribution in [1.29, 1.82) is 0 Å². The minimum Gasteiger partial charge on any atom is -0.481 e. The summed E-state index contributed by atoms with van der Waals surface area (Å²) in [6.07, 6.45) is 11.6. The molecule has 5 rings (SSSR count). The van der Waals surface area contributed by atoms with Crippen LogP contribution in [0.15, 0.2) is 11.6 Å². The number of ether oxygens (including phenoxy) is 3. The summed E-state index contributed by atoms with van der Waals surface area (Å²) in [7, 11) is 0. The van der Waals surface area contributed by atoms with Crippen molar-refractivity contribution < 1.29 is 28.9 Å². The molecular formula is C39H65NO6. The van der Waals surface area contributed by atoms with Gasteiger partial charge in [-0.25, -0.2) is 0 Å². The van der Waals surface area contributed by atoms with E-state index in [2.05, 4.69) is 61.5 Å². The highest BCUT2D eigenvalue weighted by atomic mass is 16.6. The molecule has 5 aliphatic rings. The Morgan fingerprint density at radius 3 is 2.41 bits per heavy atom. The van der Waals surface area contributed by atoms with E-state index < -0.39 is 11.9 Å². The van der Waals surface area contributed by atoms with Crippen molar-refractivity contribution >= 4 is 11.9 Å². The van der Waals surface area contributed by atoms with E-state index in [9.17, 15) is 14.7 Å². The van der Waals surface area contributed by atoms with E-state index in [-0.39, 0.29) is 57.2 Å². The Bertz CT molecular complexity index is 1180. The van der Waals surface area contributed by atoms with Gasteiger partial charge < -0.3 is 25.1 Å². The zero-order chi connectivity index (χ0) is 33.9. The van der Waals surface area contributed by atoms with E-state index in [1.54, 1.807) is 0 Å². The van der Waals surface area contributed by atoms with Crippen LogP contribution in [-0.2, 0) is 23.8 Å².